The summed E-state index contributed by atoms with van der Waals surface area (Å²) in [5, 5.41) is 8.85. The maximum Gasteiger partial charge on any atom is 0.427 e. The number of aliphatic hydroxyl groups excluding tert-OH is 1. The smallest absolute Gasteiger partial charge is 0.427 e. The van der Waals surface area contributed by atoms with Crippen LogP contribution in [0.25, 0.3) is 5.57 Å². The fourth-order valence-corrected chi connectivity index (χ4v) is 5.38. The predicted molar refractivity (Wildman–Crippen MR) is 113 cm³/mol. The van der Waals surface area contributed by atoms with Crippen molar-refractivity contribution in [1.29, 1.82) is 0 Å². The van der Waals surface area contributed by atoms with Gasteiger partial charge in [0.1, 0.15) is 0 Å². The Hall–Kier alpha value is -2.15. The van der Waals surface area contributed by atoms with Crippen molar-refractivity contribution in [2.75, 3.05) is 39.4 Å². The van der Waals surface area contributed by atoms with E-state index in [0.29, 0.717) is 0 Å². The van der Waals surface area contributed by atoms with E-state index in [1.54, 1.807) is 12.1 Å². The molecular formula is C21H27F3N2O6S. The first-order valence-corrected chi connectivity index (χ1v) is 11.9. The van der Waals surface area contributed by atoms with E-state index in [1.807, 2.05) is 6.92 Å². The molecule has 2 aliphatic rings. The zero-order valence-corrected chi connectivity index (χ0v) is 19.0. The minimum atomic E-state index is -4.87. The summed E-state index contributed by atoms with van der Waals surface area (Å²) >= 11 is 0. The van der Waals surface area contributed by atoms with Crippen LogP contribution in [-0.4, -0.2) is 86.1 Å². The number of likely N-dealkylation sites (tertiary alicyclic amines) is 1. The number of ether oxygens (including phenoxy) is 2. The first-order valence-electron chi connectivity index (χ1n) is 10.4. The number of carbonyl (C=O) groups excluding carboxylic acids is 1. The molecule has 2 fully saturated rings. The van der Waals surface area contributed by atoms with Crippen LogP contribution in [0.4, 0.5) is 18.0 Å². The molecule has 8 nitrogen and oxygen atoms in total. The lowest BCUT2D eigenvalue weighted by molar-refractivity contribution is -0.215. The molecule has 1 aromatic rings. The quantitative estimate of drug-likeness (QED) is 0.679. The number of morpholine rings is 1. The summed E-state index contributed by atoms with van der Waals surface area (Å²) < 4.78 is 76.2. The average Bonchev–Trinajstić information content (AvgIpc) is 2.77. The van der Waals surface area contributed by atoms with Crippen LogP contribution in [0, 0.1) is 0 Å². The van der Waals surface area contributed by atoms with Gasteiger partial charge in [-0.25, -0.2) is 13.2 Å². The van der Waals surface area contributed by atoms with Gasteiger partial charge in [-0.15, -0.1) is 0 Å². The molecule has 184 valence electrons. The maximum absolute atomic E-state index is 13.1. The van der Waals surface area contributed by atoms with Crippen molar-refractivity contribution >= 4 is 21.7 Å². The maximum atomic E-state index is 13.1. The Kier molecular flexibility index (Phi) is 7.42. The Bertz CT molecular complexity index is 973. The van der Waals surface area contributed by atoms with E-state index < -0.39 is 40.6 Å². The van der Waals surface area contributed by atoms with Gasteiger partial charge in [-0.1, -0.05) is 24.3 Å². The van der Waals surface area contributed by atoms with E-state index in [0.717, 1.165) is 16.0 Å². The summed E-state index contributed by atoms with van der Waals surface area (Å²) in [6.07, 6.45) is -8.18. The largest absolute Gasteiger partial charge is 0.434 e. The molecule has 1 atom stereocenters. The predicted octanol–water partition coefficient (Wildman–Crippen LogP) is 2.64. The number of carbonyl (C=O) groups is 1. The molecule has 1 spiro atoms. The highest BCUT2D eigenvalue weighted by Gasteiger charge is 2.46. The van der Waals surface area contributed by atoms with Crippen LogP contribution in [0.5, 0.6) is 0 Å². The summed E-state index contributed by atoms with van der Waals surface area (Å²) in [7, 11) is -3.78. The summed E-state index contributed by atoms with van der Waals surface area (Å²) in [6.45, 7) is 4.77. The second-order valence-electron chi connectivity index (χ2n) is 8.26. The monoisotopic (exact) mass is 492 g/mol. The van der Waals surface area contributed by atoms with Gasteiger partial charge in [0, 0.05) is 26.2 Å². The van der Waals surface area contributed by atoms with Crippen LogP contribution in [0.15, 0.2) is 35.7 Å². The van der Waals surface area contributed by atoms with Crippen LogP contribution < -0.4 is 0 Å². The zero-order chi connectivity index (χ0) is 24.4. The Labute approximate surface area is 190 Å². The van der Waals surface area contributed by atoms with Gasteiger partial charge >= 0.3 is 12.3 Å². The lowest BCUT2D eigenvalue weighted by Gasteiger charge is -2.46. The third-order valence-electron chi connectivity index (χ3n) is 5.91. The number of hydrogen-bond acceptors (Lipinski definition) is 6. The Morgan fingerprint density at radius 2 is 1.85 bits per heavy atom. The van der Waals surface area contributed by atoms with Gasteiger partial charge in [-0.2, -0.15) is 17.5 Å². The number of amides is 1. The van der Waals surface area contributed by atoms with Gasteiger partial charge in [0.05, 0.1) is 23.7 Å². The lowest BCUT2D eigenvalue weighted by Crippen LogP contribution is -2.58. The fraction of sp³-hybridized carbons (Fsp3) is 0.571. The third-order valence-corrected chi connectivity index (χ3v) is 7.76. The van der Waals surface area contributed by atoms with Crippen molar-refractivity contribution in [3.63, 3.8) is 0 Å². The van der Waals surface area contributed by atoms with E-state index in [9.17, 15) is 26.4 Å². The van der Waals surface area contributed by atoms with Gasteiger partial charge in [0.2, 0.25) is 16.1 Å². The second kappa shape index (κ2) is 9.61. The van der Waals surface area contributed by atoms with Gasteiger partial charge in [0.25, 0.3) is 0 Å². The molecule has 2 heterocycles. The van der Waals surface area contributed by atoms with Crippen molar-refractivity contribution in [3.05, 3.63) is 36.4 Å². The number of halogens is 3. The number of piperidine rings is 1. The molecule has 1 aromatic carbocycles. The van der Waals surface area contributed by atoms with Gasteiger partial charge < -0.3 is 19.5 Å². The molecule has 0 unspecified atom stereocenters. The van der Waals surface area contributed by atoms with Crippen molar-refractivity contribution in [2.24, 2.45) is 0 Å². The molecule has 2 saturated heterocycles. The number of hydrogen-bond donors (Lipinski definition) is 1. The van der Waals surface area contributed by atoms with E-state index >= 15 is 0 Å². The van der Waals surface area contributed by atoms with E-state index in [-0.39, 0.29) is 50.5 Å². The first kappa shape index (κ1) is 25.5. The molecule has 0 bridgehead atoms. The number of benzene rings is 1. The van der Waals surface area contributed by atoms with Crippen molar-refractivity contribution in [3.8, 4) is 0 Å². The highest BCUT2D eigenvalue weighted by atomic mass is 32.2. The van der Waals surface area contributed by atoms with Crippen LogP contribution in [0.3, 0.4) is 0 Å². The molecule has 0 saturated carbocycles. The zero-order valence-electron chi connectivity index (χ0n) is 18.2. The topological polar surface area (TPSA) is 96.4 Å². The van der Waals surface area contributed by atoms with E-state index in [4.69, 9.17) is 9.84 Å². The van der Waals surface area contributed by atoms with Crippen LogP contribution in [0.2, 0.25) is 0 Å². The van der Waals surface area contributed by atoms with Crippen molar-refractivity contribution in [2.45, 2.75) is 42.5 Å². The second-order valence-corrected chi connectivity index (χ2v) is 10.2. The Morgan fingerprint density at radius 3 is 2.36 bits per heavy atom. The molecule has 2 aliphatic heterocycles. The number of sulfonamides is 1. The van der Waals surface area contributed by atoms with E-state index in [2.05, 4.69) is 11.3 Å². The molecule has 0 aromatic heterocycles. The minimum Gasteiger partial charge on any atom is -0.434 e. The number of aliphatic hydroxyl groups is 1. The standard InChI is InChI=1S/C21H27F3N2O6S/c1-15(2)16-3-5-17(6-4-16)33(29,30)26-11-12-31-20(14-26)7-9-25(10-8-20)19(28)32-18(13-27)21(22,23)24/h3-6,18,27H,1,7-14H2,2H3/t18-/m1/s1. The molecule has 0 radical (unpaired) electrons. The molecule has 1 amide bonds. The van der Waals surface area contributed by atoms with E-state index in [1.165, 1.54) is 16.4 Å². The molecule has 3 rings (SSSR count). The third kappa shape index (κ3) is 5.68. The highest BCUT2D eigenvalue weighted by Crippen LogP contribution is 2.33. The van der Waals surface area contributed by atoms with Crippen LogP contribution in [-0.2, 0) is 19.5 Å². The summed E-state index contributed by atoms with van der Waals surface area (Å²) in [5.41, 5.74) is 0.802. The number of alkyl halides is 3. The molecule has 1 N–H and O–H groups in total. The molecule has 33 heavy (non-hydrogen) atoms. The SMILES string of the molecule is C=C(C)c1ccc(S(=O)(=O)N2CCOC3(CCN(C(=O)O[C@H](CO)C(F)(F)F)CC3)C2)cc1. The van der Waals surface area contributed by atoms with Crippen LogP contribution >= 0.6 is 0 Å². The first-order chi connectivity index (χ1) is 15.4. The molecule has 0 aliphatic carbocycles. The normalized spacial score (nSPS) is 20.5. The summed E-state index contributed by atoms with van der Waals surface area (Å²) in [6, 6.07) is 6.43. The van der Waals surface area contributed by atoms with Gasteiger partial charge in [-0.05, 0) is 37.5 Å². The van der Waals surface area contributed by atoms with Crippen molar-refractivity contribution in [1.82, 2.24) is 9.21 Å². The number of allylic oxidation sites excluding steroid dienone is 1. The Morgan fingerprint density at radius 1 is 1.24 bits per heavy atom. The fourth-order valence-electron chi connectivity index (χ4n) is 3.88. The number of nitrogens with zero attached hydrogens (tertiary/aromatic N) is 2. The van der Waals surface area contributed by atoms with Gasteiger partial charge in [0.15, 0.2) is 0 Å². The molecule has 12 heteroatoms. The summed E-state index contributed by atoms with van der Waals surface area (Å²) in [4.78, 5) is 13.4. The number of rotatable bonds is 5. The highest BCUT2D eigenvalue weighted by molar-refractivity contribution is 7.89. The molecular weight excluding hydrogens is 465 g/mol. The average molecular weight is 493 g/mol. The summed E-state index contributed by atoms with van der Waals surface area (Å²) in [5.74, 6) is 0. The Balaban J connectivity index is 1.65. The van der Waals surface area contributed by atoms with Crippen LogP contribution in [0.1, 0.15) is 25.3 Å². The van der Waals surface area contributed by atoms with Crippen molar-refractivity contribution < 1.29 is 41.0 Å². The lowest BCUT2D eigenvalue weighted by atomic mass is 9.90. The minimum absolute atomic E-state index is 0.0377. The van der Waals surface area contributed by atoms with Gasteiger partial charge in [-0.3, -0.25) is 0 Å².